The molecule has 2 fully saturated rings. The minimum Gasteiger partial charge on any atom is -0.445 e. The number of hydrogen-bond donors (Lipinski definition) is 2. The van der Waals surface area contributed by atoms with Gasteiger partial charge in [-0.1, -0.05) is 79.7 Å². The third-order valence-corrected chi connectivity index (χ3v) is 9.14. The van der Waals surface area contributed by atoms with E-state index in [0.717, 1.165) is 40.2 Å². The molecule has 260 valence electrons. The fourth-order valence-electron chi connectivity index (χ4n) is 6.31. The number of imide groups is 1. The molecule has 2 N–H and O–H groups in total. The fourth-order valence-corrected chi connectivity index (χ4v) is 6.31. The Hall–Kier alpha value is -4.94. The average Bonchev–Trinajstić information content (AvgIpc) is 3.42. The molecule has 0 aliphatic carbocycles. The van der Waals surface area contributed by atoms with E-state index in [1.54, 1.807) is 24.4 Å². The van der Waals surface area contributed by atoms with Crippen molar-refractivity contribution in [2.75, 3.05) is 25.0 Å². The maximum absolute atomic E-state index is 13.4. The maximum Gasteiger partial charge on any atom is 0.408 e. The molecule has 2 aliphatic heterocycles. The number of pyridine rings is 1. The van der Waals surface area contributed by atoms with Gasteiger partial charge in [-0.3, -0.25) is 14.6 Å². The highest BCUT2D eigenvalue weighted by atomic mass is 16.7. The second-order valence-electron chi connectivity index (χ2n) is 12.8. The predicted molar refractivity (Wildman–Crippen MR) is 186 cm³/mol. The number of hydrogen-bond acceptors (Lipinski definition) is 9. The summed E-state index contributed by atoms with van der Waals surface area (Å²) in [6.45, 7) is 3.52. The van der Waals surface area contributed by atoms with E-state index in [0.29, 0.717) is 17.8 Å². The van der Waals surface area contributed by atoms with Crippen LogP contribution in [0.1, 0.15) is 53.7 Å². The number of likely N-dealkylation sites (N-methyl/N-ethyl adjacent to an activating group) is 1. The Morgan fingerprint density at radius 2 is 1.74 bits per heavy atom. The molecule has 3 aromatic carbocycles. The molecule has 1 aromatic heterocycles. The van der Waals surface area contributed by atoms with Crippen LogP contribution in [0.15, 0.2) is 103 Å². The molecular weight excluding hydrogens is 636 g/mol. The zero-order chi connectivity index (χ0) is 35.0. The second-order valence-corrected chi connectivity index (χ2v) is 12.8. The normalized spacial score (nSPS) is 22.2. The number of amides is 3. The topological polar surface area (TPSA) is 131 Å². The molecule has 0 bridgehead atoms. The van der Waals surface area contributed by atoms with Crippen LogP contribution in [0, 0.1) is 5.92 Å². The molecule has 50 heavy (non-hydrogen) atoms. The van der Waals surface area contributed by atoms with Crippen molar-refractivity contribution in [3.05, 3.63) is 131 Å². The number of nitrogens with zero attached hydrogens (tertiary/aromatic N) is 3. The Balaban J connectivity index is 1.17. The molecule has 4 aromatic rings. The third-order valence-electron chi connectivity index (χ3n) is 9.14. The molecule has 5 atom stereocenters. The SMILES string of the molecule is C[C@H]1[C@@H](CN(C)CCc2ccccn2)O[C@@H](c2cccc(N3C(=O)CC(NC(=O)OCc4ccccc4)C3=O)c2)O[C@H]1c1ccc(CO)cc1. The van der Waals surface area contributed by atoms with Gasteiger partial charge in [0.25, 0.3) is 5.91 Å². The number of nitrogens with one attached hydrogen (secondary N) is 1. The van der Waals surface area contributed by atoms with E-state index in [4.69, 9.17) is 14.2 Å². The molecule has 3 heterocycles. The predicted octanol–water partition coefficient (Wildman–Crippen LogP) is 5.10. The summed E-state index contributed by atoms with van der Waals surface area (Å²) in [6.07, 6.45) is 0.289. The first-order valence-electron chi connectivity index (χ1n) is 16.8. The number of anilines is 1. The van der Waals surface area contributed by atoms with Gasteiger partial charge >= 0.3 is 6.09 Å². The highest BCUT2D eigenvalue weighted by molar-refractivity contribution is 6.22. The van der Waals surface area contributed by atoms with Gasteiger partial charge in [0.1, 0.15) is 12.6 Å². The van der Waals surface area contributed by atoms with Gasteiger partial charge in [-0.2, -0.15) is 0 Å². The van der Waals surface area contributed by atoms with Crippen molar-refractivity contribution in [1.29, 1.82) is 0 Å². The van der Waals surface area contributed by atoms with Gasteiger partial charge < -0.3 is 29.5 Å². The summed E-state index contributed by atoms with van der Waals surface area (Å²) in [5.41, 5.74) is 4.59. The van der Waals surface area contributed by atoms with Crippen LogP contribution in [0.3, 0.4) is 0 Å². The number of aliphatic hydroxyl groups is 1. The first-order valence-corrected chi connectivity index (χ1v) is 16.8. The molecule has 11 heteroatoms. The molecule has 2 aliphatic rings. The lowest BCUT2D eigenvalue weighted by molar-refractivity contribution is -0.275. The summed E-state index contributed by atoms with van der Waals surface area (Å²) in [7, 11) is 2.06. The number of ether oxygens (including phenoxy) is 3. The van der Waals surface area contributed by atoms with Crippen LogP contribution in [-0.2, 0) is 43.4 Å². The van der Waals surface area contributed by atoms with Crippen molar-refractivity contribution in [1.82, 2.24) is 15.2 Å². The number of benzene rings is 3. The molecule has 0 saturated carbocycles. The van der Waals surface area contributed by atoms with Crippen molar-refractivity contribution in [2.24, 2.45) is 5.92 Å². The maximum atomic E-state index is 13.4. The lowest BCUT2D eigenvalue weighted by Gasteiger charge is -2.42. The standard InChI is InChI=1S/C39H42N4O7/c1-26-34(23-42(2)20-18-31-12-6-7-19-40-31)49-38(50-36(26)29-16-14-27(24-44)15-17-29)30-11-8-13-32(21-30)43-35(45)22-33(37(43)46)41-39(47)48-25-28-9-4-3-5-10-28/h3-17,19,21,26,33-34,36,38,44H,18,20,22-25H2,1-2H3,(H,41,47)/t26-,33?,34+,36+,38+/m0/s1. The molecule has 3 amide bonds. The van der Waals surface area contributed by atoms with E-state index in [1.165, 1.54) is 0 Å². The van der Waals surface area contributed by atoms with Crippen LogP contribution < -0.4 is 10.2 Å². The van der Waals surface area contributed by atoms with Crippen molar-refractivity contribution in [3.63, 3.8) is 0 Å². The Morgan fingerprint density at radius 3 is 2.48 bits per heavy atom. The first kappa shape index (κ1) is 34.9. The highest BCUT2D eigenvalue weighted by Crippen LogP contribution is 2.42. The van der Waals surface area contributed by atoms with Gasteiger partial charge in [0.15, 0.2) is 6.29 Å². The minimum absolute atomic E-state index is 0.0260. The van der Waals surface area contributed by atoms with Gasteiger partial charge in [-0.25, -0.2) is 9.69 Å². The van der Waals surface area contributed by atoms with Gasteiger partial charge in [-0.05, 0) is 48.0 Å². The summed E-state index contributed by atoms with van der Waals surface area (Å²) in [5.74, 6) is -1.01. The van der Waals surface area contributed by atoms with E-state index < -0.39 is 30.2 Å². The van der Waals surface area contributed by atoms with Crippen LogP contribution in [-0.4, -0.2) is 65.2 Å². The van der Waals surface area contributed by atoms with Crippen molar-refractivity contribution >= 4 is 23.6 Å². The van der Waals surface area contributed by atoms with Crippen LogP contribution in [0.4, 0.5) is 10.5 Å². The van der Waals surface area contributed by atoms with Crippen LogP contribution in [0.25, 0.3) is 0 Å². The van der Waals surface area contributed by atoms with Gasteiger partial charge in [0.05, 0.1) is 30.9 Å². The lowest BCUT2D eigenvalue weighted by atomic mass is 9.90. The van der Waals surface area contributed by atoms with Gasteiger partial charge in [0, 0.05) is 42.9 Å². The summed E-state index contributed by atoms with van der Waals surface area (Å²) >= 11 is 0. The summed E-state index contributed by atoms with van der Waals surface area (Å²) in [5, 5.41) is 12.1. The van der Waals surface area contributed by atoms with Gasteiger partial charge in [0.2, 0.25) is 5.91 Å². The third kappa shape index (κ3) is 8.43. The quantitative estimate of drug-likeness (QED) is 0.197. The molecule has 0 radical (unpaired) electrons. The zero-order valence-electron chi connectivity index (χ0n) is 28.2. The lowest BCUT2D eigenvalue weighted by Crippen LogP contribution is -2.44. The van der Waals surface area contributed by atoms with Crippen LogP contribution >= 0.6 is 0 Å². The number of alkyl carbamates (subject to hydrolysis) is 1. The van der Waals surface area contributed by atoms with E-state index in [1.807, 2.05) is 78.9 Å². The van der Waals surface area contributed by atoms with Gasteiger partial charge in [-0.15, -0.1) is 0 Å². The number of aromatic nitrogens is 1. The Labute approximate surface area is 291 Å². The molecule has 6 rings (SSSR count). The molecule has 11 nitrogen and oxygen atoms in total. The number of carbonyl (C=O) groups is 3. The summed E-state index contributed by atoms with van der Waals surface area (Å²) in [6, 6.07) is 28.8. The second kappa shape index (κ2) is 16.2. The highest BCUT2D eigenvalue weighted by Gasteiger charge is 2.42. The molecule has 1 unspecified atom stereocenters. The molecular formula is C39H42N4O7. The largest absolute Gasteiger partial charge is 0.445 e. The Morgan fingerprint density at radius 1 is 0.960 bits per heavy atom. The number of aliphatic hydroxyl groups excluding tert-OH is 1. The van der Waals surface area contributed by atoms with Crippen LogP contribution in [0.5, 0.6) is 0 Å². The van der Waals surface area contributed by atoms with Crippen molar-refractivity contribution in [2.45, 2.75) is 57.5 Å². The number of carbonyl (C=O) groups excluding carboxylic acids is 3. The summed E-state index contributed by atoms with van der Waals surface area (Å²) in [4.78, 5) is 46.8. The smallest absolute Gasteiger partial charge is 0.408 e. The molecule has 0 spiro atoms. The molecule has 2 saturated heterocycles. The Kier molecular flexibility index (Phi) is 11.3. The van der Waals surface area contributed by atoms with E-state index >= 15 is 0 Å². The average molecular weight is 679 g/mol. The first-order chi connectivity index (χ1) is 24.3. The minimum atomic E-state index is -1.05. The Bertz CT molecular complexity index is 1760. The van der Waals surface area contributed by atoms with E-state index in [-0.39, 0.29) is 37.8 Å². The van der Waals surface area contributed by atoms with E-state index in [2.05, 4.69) is 29.2 Å². The van der Waals surface area contributed by atoms with E-state index in [9.17, 15) is 19.5 Å². The monoisotopic (exact) mass is 678 g/mol. The fraction of sp³-hybridized carbons (Fsp3) is 0.333. The van der Waals surface area contributed by atoms with Crippen LogP contribution in [0.2, 0.25) is 0 Å². The number of rotatable bonds is 12. The zero-order valence-corrected chi connectivity index (χ0v) is 28.2. The van der Waals surface area contributed by atoms with Crippen molar-refractivity contribution < 1.29 is 33.7 Å². The summed E-state index contributed by atoms with van der Waals surface area (Å²) < 4.78 is 18.5. The van der Waals surface area contributed by atoms with Crippen molar-refractivity contribution in [3.8, 4) is 0 Å².